The number of nitrogens with one attached hydrogen (secondary N) is 1. The average Bonchev–Trinajstić information content (AvgIpc) is 3.05. The molecule has 2 aromatic heterocycles. The third kappa shape index (κ3) is 1.39. The number of benzene rings is 1. The molecule has 0 bridgehead atoms. The van der Waals surface area contributed by atoms with E-state index in [9.17, 15) is 0 Å². The first kappa shape index (κ1) is 10.1. The minimum atomic E-state index is 0.417. The van der Waals surface area contributed by atoms with Crippen molar-refractivity contribution in [1.82, 2.24) is 9.55 Å². The maximum Gasteiger partial charge on any atom is 0.204 e. The lowest BCUT2D eigenvalue weighted by Crippen LogP contribution is -2.23. The van der Waals surface area contributed by atoms with Crippen molar-refractivity contribution in [2.24, 2.45) is 0 Å². The molecule has 1 aromatic carbocycles. The molecule has 90 valence electrons. The van der Waals surface area contributed by atoms with E-state index >= 15 is 0 Å². The molecule has 3 nitrogen and oxygen atoms in total. The van der Waals surface area contributed by atoms with Gasteiger partial charge in [-0.2, -0.15) is 11.3 Å². The van der Waals surface area contributed by atoms with E-state index in [1.165, 1.54) is 11.1 Å². The first-order chi connectivity index (χ1) is 8.93. The molecule has 0 fully saturated rings. The van der Waals surface area contributed by atoms with Crippen molar-refractivity contribution < 1.29 is 0 Å². The third-order valence-electron chi connectivity index (χ3n) is 3.54. The van der Waals surface area contributed by atoms with Crippen molar-refractivity contribution in [2.75, 3.05) is 11.9 Å². The van der Waals surface area contributed by atoms with E-state index < -0.39 is 0 Å². The summed E-state index contributed by atoms with van der Waals surface area (Å²) in [5.74, 6) is 0.999. The molecular formula is C14H13N3S. The molecule has 0 aliphatic carbocycles. The monoisotopic (exact) mass is 255 g/mol. The van der Waals surface area contributed by atoms with Crippen molar-refractivity contribution in [3.8, 4) is 0 Å². The number of rotatable bonds is 1. The number of hydrogen-bond donors (Lipinski definition) is 1. The summed E-state index contributed by atoms with van der Waals surface area (Å²) in [6.45, 7) is 0.990. The van der Waals surface area contributed by atoms with Crippen molar-refractivity contribution in [3.05, 3.63) is 46.7 Å². The second-order valence-corrected chi connectivity index (χ2v) is 5.36. The lowest BCUT2D eigenvalue weighted by molar-refractivity contribution is 0.545. The second-order valence-electron chi connectivity index (χ2n) is 4.58. The fourth-order valence-corrected chi connectivity index (χ4v) is 3.42. The number of imidazole rings is 1. The second kappa shape index (κ2) is 3.85. The van der Waals surface area contributed by atoms with Crippen molar-refractivity contribution in [2.45, 2.75) is 12.5 Å². The van der Waals surface area contributed by atoms with Crippen molar-refractivity contribution >= 4 is 28.3 Å². The van der Waals surface area contributed by atoms with Crippen LogP contribution in [-0.2, 0) is 0 Å². The number of thiophene rings is 1. The lowest BCUT2D eigenvalue weighted by atomic mass is 10.1. The van der Waals surface area contributed by atoms with Crippen molar-refractivity contribution in [1.29, 1.82) is 0 Å². The summed E-state index contributed by atoms with van der Waals surface area (Å²) in [5, 5.41) is 7.79. The molecule has 1 atom stereocenters. The molecule has 3 aromatic rings. The number of aromatic nitrogens is 2. The Hall–Kier alpha value is -1.81. The van der Waals surface area contributed by atoms with Crippen LogP contribution in [0.1, 0.15) is 18.0 Å². The van der Waals surface area contributed by atoms with Gasteiger partial charge in [0.15, 0.2) is 0 Å². The Morgan fingerprint density at radius 3 is 3.11 bits per heavy atom. The maximum absolute atomic E-state index is 4.67. The van der Waals surface area contributed by atoms with Crippen LogP contribution in [0, 0.1) is 0 Å². The number of nitrogens with zero attached hydrogens (tertiary/aromatic N) is 2. The molecule has 18 heavy (non-hydrogen) atoms. The van der Waals surface area contributed by atoms with Gasteiger partial charge in [-0.1, -0.05) is 12.1 Å². The Morgan fingerprint density at radius 2 is 2.22 bits per heavy atom. The van der Waals surface area contributed by atoms with E-state index in [2.05, 4.69) is 49.9 Å². The summed E-state index contributed by atoms with van der Waals surface area (Å²) in [7, 11) is 0. The van der Waals surface area contributed by atoms with Gasteiger partial charge in [0.05, 0.1) is 17.1 Å². The van der Waals surface area contributed by atoms with Crippen LogP contribution in [0.5, 0.6) is 0 Å². The molecule has 1 unspecified atom stereocenters. The van der Waals surface area contributed by atoms with Crippen LogP contribution in [0.15, 0.2) is 41.1 Å². The molecule has 4 rings (SSSR count). The predicted octanol–water partition coefficient (Wildman–Crippen LogP) is 3.50. The fraction of sp³-hybridized carbons (Fsp3) is 0.214. The summed E-state index contributed by atoms with van der Waals surface area (Å²) >= 11 is 1.76. The molecule has 1 N–H and O–H groups in total. The highest BCUT2D eigenvalue weighted by Crippen LogP contribution is 2.34. The zero-order valence-corrected chi connectivity index (χ0v) is 10.7. The largest absolute Gasteiger partial charge is 0.356 e. The highest BCUT2D eigenvalue weighted by molar-refractivity contribution is 7.07. The fourth-order valence-electron chi connectivity index (χ4n) is 2.71. The van der Waals surface area contributed by atoms with Crippen LogP contribution in [0.25, 0.3) is 11.0 Å². The first-order valence-corrected chi connectivity index (χ1v) is 7.11. The zero-order valence-electron chi connectivity index (χ0n) is 9.84. The van der Waals surface area contributed by atoms with Gasteiger partial charge in [0.2, 0.25) is 5.95 Å². The van der Waals surface area contributed by atoms with Gasteiger partial charge in [0.25, 0.3) is 0 Å². The van der Waals surface area contributed by atoms with Crippen LogP contribution in [0.2, 0.25) is 0 Å². The van der Waals surface area contributed by atoms with E-state index in [0.717, 1.165) is 24.4 Å². The highest BCUT2D eigenvalue weighted by Gasteiger charge is 2.24. The lowest BCUT2D eigenvalue weighted by Gasteiger charge is -2.26. The molecule has 0 saturated carbocycles. The quantitative estimate of drug-likeness (QED) is 0.721. The molecule has 3 heterocycles. The van der Waals surface area contributed by atoms with Crippen LogP contribution >= 0.6 is 11.3 Å². The summed E-state index contributed by atoms with van der Waals surface area (Å²) in [4.78, 5) is 4.67. The van der Waals surface area contributed by atoms with Crippen LogP contribution in [0.4, 0.5) is 5.95 Å². The highest BCUT2D eigenvalue weighted by atomic mass is 32.1. The van der Waals surface area contributed by atoms with E-state index in [4.69, 9.17) is 0 Å². The van der Waals surface area contributed by atoms with Gasteiger partial charge in [0, 0.05) is 6.54 Å². The molecular weight excluding hydrogens is 242 g/mol. The Bertz CT molecular complexity index is 684. The Labute approximate surface area is 109 Å². The molecule has 0 spiro atoms. The maximum atomic E-state index is 4.67. The number of hydrogen-bond acceptors (Lipinski definition) is 3. The number of para-hydroxylation sites is 2. The molecule has 0 radical (unpaired) electrons. The standard InChI is InChI=1S/C14H13N3S/c1-2-4-13-11(3-1)16-14-15-7-5-12(17(13)14)10-6-8-18-9-10/h1-4,6,8-9,12H,5,7H2,(H,15,16). The molecule has 0 saturated heterocycles. The molecule has 0 amide bonds. The Morgan fingerprint density at radius 1 is 1.28 bits per heavy atom. The van der Waals surface area contributed by atoms with Gasteiger partial charge in [0.1, 0.15) is 0 Å². The molecule has 1 aliphatic rings. The van der Waals surface area contributed by atoms with E-state index in [-0.39, 0.29) is 0 Å². The summed E-state index contributed by atoms with van der Waals surface area (Å²) in [6, 6.07) is 11.0. The normalized spacial score (nSPS) is 18.6. The van der Waals surface area contributed by atoms with Gasteiger partial charge >= 0.3 is 0 Å². The molecule has 1 aliphatic heterocycles. The van der Waals surface area contributed by atoms with E-state index in [1.54, 1.807) is 11.3 Å². The SMILES string of the molecule is c1ccc2c(c1)nc1n2C(c2ccsc2)CCN1. The van der Waals surface area contributed by atoms with Crippen LogP contribution in [0.3, 0.4) is 0 Å². The third-order valence-corrected chi connectivity index (χ3v) is 4.24. The van der Waals surface area contributed by atoms with Crippen LogP contribution in [-0.4, -0.2) is 16.1 Å². The summed E-state index contributed by atoms with van der Waals surface area (Å²) in [6.07, 6.45) is 1.12. The van der Waals surface area contributed by atoms with E-state index in [0.29, 0.717) is 6.04 Å². The number of fused-ring (bicyclic) bond motifs is 3. The predicted molar refractivity (Wildman–Crippen MR) is 75.3 cm³/mol. The topological polar surface area (TPSA) is 29.9 Å². The molecule has 4 heteroatoms. The van der Waals surface area contributed by atoms with Gasteiger partial charge in [-0.25, -0.2) is 4.98 Å². The van der Waals surface area contributed by atoms with E-state index in [1.807, 2.05) is 6.07 Å². The zero-order chi connectivity index (χ0) is 11.9. The average molecular weight is 255 g/mol. The van der Waals surface area contributed by atoms with Gasteiger partial charge in [-0.15, -0.1) is 0 Å². The minimum absolute atomic E-state index is 0.417. The Kier molecular flexibility index (Phi) is 2.17. The minimum Gasteiger partial charge on any atom is -0.356 e. The summed E-state index contributed by atoms with van der Waals surface area (Å²) < 4.78 is 2.33. The smallest absolute Gasteiger partial charge is 0.204 e. The number of anilines is 1. The van der Waals surface area contributed by atoms with Crippen LogP contribution < -0.4 is 5.32 Å². The van der Waals surface area contributed by atoms with Gasteiger partial charge < -0.3 is 9.88 Å². The van der Waals surface area contributed by atoms with Crippen molar-refractivity contribution in [3.63, 3.8) is 0 Å². The summed E-state index contributed by atoms with van der Waals surface area (Å²) in [5.41, 5.74) is 3.68. The van der Waals surface area contributed by atoms with Gasteiger partial charge in [-0.3, -0.25) is 0 Å². The Balaban J connectivity index is 1.97. The first-order valence-electron chi connectivity index (χ1n) is 6.16. The van der Waals surface area contributed by atoms with Gasteiger partial charge in [-0.05, 0) is 40.9 Å².